The highest BCUT2D eigenvalue weighted by Gasteiger charge is 2.21. The van der Waals surface area contributed by atoms with E-state index in [4.69, 9.17) is 9.47 Å². The number of hydrogen-bond donors (Lipinski definition) is 1. The molecule has 106 valence electrons. The molecular formula is C15H22BrNO2. The molecular weight excluding hydrogens is 306 g/mol. The first-order chi connectivity index (χ1) is 9.13. The summed E-state index contributed by atoms with van der Waals surface area (Å²) in [5.74, 6) is 1.59. The van der Waals surface area contributed by atoms with Gasteiger partial charge in [0, 0.05) is 12.6 Å². The standard InChI is InChI=1S/C15H22BrNO2/c1-4-10(2)19-15-13(16)7-11(8-14(15)18-3)9-17-12-5-6-12/h7-8,10,12,17H,4-6,9H2,1-3H3. The lowest BCUT2D eigenvalue weighted by molar-refractivity contribution is 0.206. The van der Waals surface area contributed by atoms with Crippen molar-refractivity contribution in [3.8, 4) is 11.5 Å². The Bertz CT molecular complexity index is 432. The van der Waals surface area contributed by atoms with E-state index in [9.17, 15) is 0 Å². The van der Waals surface area contributed by atoms with E-state index < -0.39 is 0 Å². The first-order valence-electron chi connectivity index (χ1n) is 6.90. The van der Waals surface area contributed by atoms with Crippen LogP contribution in [0.2, 0.25) is 0 Å². The van der Waals surface area contributed by atoms with Gasteiger partial charge in [-0.2, -0.15) is 0 Å². The predicted octanol–water partition coefficient (Wildman–Crippen LogP) is 3.89. The lowest BCUT2D eigenvalue weighted by Crippen LogP contribution is -2.16. The number of benzene rings is 1. The third kappa shape index (κ3) is 4.11. The molecule has 4 heteroatoms. The van der Waals surface area contributed by atoms with Crippen LogP contribution in [0.1, 0.15) is 38.7 Å². The van der Waals surface area contributed by atoms with Crippen LogP contribution < -0.4 is 14.8 Å². The van der Waals surface area contributed by atoms with E-state index in [2.05, 4.69) is 47.2 Å². The lowest BCUT2D eigenvalue weighted by Gasteiger charge is -2.18. The first-order valence-corrected chi connectivity index (χ1v) is 7.69. The molecule has 3 nitrogen and oxygen atoms in total. The van der Waals surface area contributed by atoms with Crippen molar-refractivity contribution < 1.29 is 9.47 Å². The van der Waals surface area contributed by atoms with Gasteiger partial charge in [0.25, 0.3) is 0 Å². The topological polar surface area (TPSA) is 30.5 Å². The highest BCUT2D eigenvalue weighted by molar-refractivity contribution is 9.10. The summed E-state index contributed by atoms with van der Waals surface area (Å²) in [7, 11) is 1.68. The molecule has 0 bridgehead atoms. The zero-order valence-electron chi connectivity index (χ0n) is 11.8. The van der Waals surface area contributed by atoms with Gasteiger partial charge in [-0.25, -0.2) is 0 Å². The van der Waals surface area contributed by atoms with E-state index in [0.717, 1.165) is 28.9 Å². The van der Waals surface area contributed by atoms with Gasteiger partial charge < -0.3 is 14.8 Å². The van der Waals surface area contributed by atoms with Crippen molar-refractivity contribution in [1.29, 1.82) is 0 Å². The number of hydrogen-bond acceptors (Lipinski definition) is 3. The van der Waals surface area contributed by atoms with E-state index in [1.54, 1.807) is 7.11 Å². The van der Waals surface area contributed by atoms with Crippen LogP contribution in [0.25, 0.3) is 0 Å². The molecule has 1 atom stereocenters. The molecule has 2 rings (SSSR count). The van der Waals surface area contributed by atoms with Crippen LogP contribution in [-0.2, 0) is 6.54 Å². The highest BCUT2D eigenvalue weighted by Crippen LogP contribution is 2.37. The highest BCUT2D eigenvalue weighted by atomic mass is 79.9. The van der Waals surface area contributed by atoms with Gasteiger partial charge >= 0.3 is 0 Å². The fraction of sp³-hybridized carbons (Fsp3) is 0.600. The van der Waals surface area contributed by atoms with Crippen LogP contribution in [0.15, 0.2) is 16.6 Å². The number of ether oxygens (including phenoxy) is 2. The Hall–Kier alpha value is -0.740. The van der Waals surface area contributed by atoms with E-state index in [1.165, 1.54) is 18.4 Å². The summed E-state index contributed by atoms with van der Waals surface area (Å²) >= 11 is 3.59. The molecule has 1 aromatic rings. The van der Waals surface area contributed by atoms with E-state index in [-0.39, 0.29) is 6.10 Å². The maximum Gasteiger partial charge on any atom is 0.175 e. The zero-order valence-corrected chi connectivity index (χ0v) is 13.4. The van der Waals surface area contributed by atoms with Gasteiger partial charge in [0.1, 0.15) is 0 Å². The molecule has 1 aliphatic rings. The summed E-state index contributed by atoms with van der Waals surface area (Å²) in [5.41, 5.74) is 1.21. The van der Waals surface area contributed by atoms with Crippen LogP contribution in [0.4, 0.5) is 0 Å². The minimum Gasteiger partial charge on any atom is -0.493 e. The maximum atomic E-state index is 5.92. The normalized spacial score (nSPS) is 16.2. The molecule has 0 spiro atoms. The van der Waals surface area contributed by atoms with Crippen LogP contribution in [0.5, 0.6) is 11.5 Å². The molecule has 0 aliphatic heterocycles. The molecule has 1 N–H and O–H groups in total. The second kappa shape index (κ2) is 6.62. The summed E-state index contributed by atoms with van der Waals surface area (Å²) in [6.07, 6.45) is 3.75. The Morgan fingerprint density at radius 1 is 1.42 bits per heavy atom. The maximum absolute atomic E-state index is 5.92. The number of rotatable bonds is 7. The van der Waals surface area contributed by atoms with Gasteiger partial charge in [-0.1, -0.05) is 6.92 Å². The Morgan fingerprint density at radius 3 is 2.74 bits per heavy atom. The summed E-state index contributed by atoms with van der Waals surface area (Å²) < 4.78 is 12.3. The quantitative estimate of drug-likeness (QED) is 0.824. The SMILES string of the molecule is CCC(C)Oc1c(Br)cc(CNC2CC2)cc1OC. The van der Waals surface area contributed by atoms with Gasteiger partial charge in [0.05, 0.1) is 17.7 Å². The molecule has 1 fully saturated rings. The minimum atomic E-state index is 0.181. The molecule has 0 saturated heterocycles. The fourth-order valence-corrected chi connectivity index (χ4v) is 2.41. The molecule has 1 aromatic carbocycles. The average Bonchev–Trinajstić information content (AvgIpc) is 3.22. The Morgan fingerprint density at radius 2 is 2.16 bits per heavy atom. The smallest absolute Gasteiger partial charge is 0.175 e. The zero-order chi connectivity index (χ0) is 13.8. The largest absolute Gasteiger partial charge is 0.493 e. The second-order valence-corrected chi connectivity index (χ2v) is 5.96. The number of nitrogens with one attached hydrogen (secondary N) is 1. The Balaban J connectivity index is 2.13. The molecule has 1 aliphatic carbocycles. The van der Waals surface area contributed by atoms with Crippen molar-refractivity contribution in [3.05, 3.63) is 22.2 Å². The van der Waals surface area contributed by atoms with Crippen LogP contribution in [0, 0.1) is 0 Å². The average molecular weight is 328 g/mol. The minimum absolute atomic E-state index is 0.181. The number of methoxy groups -OCH3 is 1. The number of halogens is 1. The van der Waals surface area contributed by atoms with Gasteiger partial charge in [0.15, 0.2) is 11.5 Å². The monoisotopic (exact) mass is 327 g/mol. The van der Waals surface area contributed by atoms with E-state index in [1.807, 2.05) is 0 Å². The molecule has 1 saturated carbocycles. The molecule has 1 unspecified atom stereocenters. The van der Waals surface area contributed by atoms with Crippen LogP contribution in [0.3, 0.4) is 0 Å². The third-order valence-corrected chi connectivity index (χ3v) is 3.94. The molecule has 0 amide bonds. The summed E-state index contributed by atoms with van der Waals surface area (Å²) in [4.78, 5) is 0. The summed E-state index contributed by atoms with van der Waals surface area (Å²) in [6, 6.07) is 4.87. The Labute approximate surface area is 123 Å². The van der Waals surface area contributed by atoms with Gasteiger partial charge in [0.2, 0.25) is 0 Å². The van der Waals surface area contributed by atoms with Crippen LogP contribution >= 0.6 is 15.9 Å². The van der Waals surface area contributed by atoms with E-state index >= 15 is 0 Å². The fourth-order valence-electron chi connectivity index (χ4n) is 1.82. The third-order valence-electron chi connectivity index (χ3n) is 3.36. The van der Waals surface area contributed by atoms with Crippen molar-refractivity contribution in [3.63, 3.8) is 0 Å². The summed E-state index contributed by atoms with van der Waals surface area (Å²) in [5, 5.41) is 3.51. The lowest BCUT2D eigenvalue weighted by atomic mass is 10.2. The molecule has 0 heterocycles. The molecule has 19 heavy (non-hydrogen) atoms. The van der Waals surface area contributed by atoms with Crippen molar-refractivity contribution in [1.82, 2.24) is 5.32 Å². The predicted molar refractivity (Wildman–Crippen MR) is 80.9 cm³/mol. The van der Waals surface area contributed by atoms with Gasteiger partial charge in [-0.05, 0) is 59.8 Å². The van der Waals surface area contributed by atoms with Crippen molar-refractivity contribution in [2.24, 2.45) is 0 Å². The van der Waals surface area contributed by atoms with Crippen molar-refractivity contribution in [2.75, 3.05) is 7.11 Å². The first kappa shape index (κ1) is 14.7. The van der Waals surface area contributed by atoms with Gasteiger partial charge in [-0.15, -0.1) is 0 Å². The second-order valence-electron chi connectivity index (χ2n) is 5.10. The molecule has 0 aromatic heterocycles. The van der Waals surface area contributed by atoms with Crippen molar-refractivity contribution >= 4 is 15.9 Å². The van der Waals surface area contributed by atoms with E-state index in [0.29, 0.717) is 6.04 Å². The van der Waals surface area contributed by atoms with Crippen molar-refractivity contribution in [2.45, 2.75) is 51.8 Å². The van der Waals surface area contributed by atoms with Crippen LogP contribution in [-0.4, -0.2) is 19.3 Å². The van der Waals surface area contributed by atoms with Gasteiger partial charge in [-0.3, -0.25) is 0 Å². The molecule has 0 radical (unpaired) electrons. The summed E-state index contributed by atoms with van der Waals surface area (Å²) in [6.45, 7) is 5.05. The Kier molecular flexibility index (Phi) is 5.11.